The van der Waals surface area contributed by atoms with E-state index in [1.165, 1.54) is 14.2 Å². The number of unbranched alkanes of at least 4 members (excludes halogenated alkanes) is 1. The van der Waals surface area contributed by atoms with Crippen molar-refractivity contribution in [1.29, 1.82) is 0 Å². The van der Waals surface area contributed by atoms with Gasteiger partial charge in [0.15, 0.2) is 0 Å². The first-order valence-corrected chi connectivity index (χ1v) is 11.7. The van der Waals surface area contributed by atoms with E-state index in [4.69, 9.17) is 9.47 Å². The lowest BCUT2D eigenvalue weighted by atomic mass is 9.91. The maximum absolute atomic E-state index is 12.4. The molecular weight excluding hydrogens is 324 g/mol. The predicted octanol–water partition coefficient (Wildman–Crippen LogP) is 3.16. The van der Waals surface area contributed by atoms with Crippen LogP contribution in [0.5, 0.6) is 5.75 Å². The highest BCUT2D eigenvalue weighted by atomic mass is 28.3. The summed E-state index contributed by atoms with van der Waals surface area (Å²) in [6.45, 7) is 10.3. The van der Waals surface area contributed by atoms with Gasteiger partial charge in [-0.2, -0.15) is 0 Å². The lowest BCUT2D eigenvalue weighted by molar-refractivity contribution is 0.0551. The van der Waals surface area contributed by atoms with Gasteiger partial charge in [-0.1, -0.05) is 33.0 Å². The summed E-state index contributed by atoms with van der Waals surface area (Å²) in [6, 6.07) is 0. The van der Waals surface area contributed by atoms with E-state index >= 15 is 0 Å². The highest BCUT2D eigenvalue weighted by Gasteiger charge is 2.34. The first kappa shape index (κ1) is 20.2. The van der Waals surface area contributed by atoms with Gasteiger partial charge in [0.1, 0.15) is 11.3 Å². The van der Waals surface area contributed by atoms with Crippen LogP contribution < -0.4 is 5.19 Å². The minimum absolute atomic E-state index is 0.0709. The minimum Gasteiger partial charge on any atom is -0.507 e. The highest BCUT2D eigenvalue weighted by molar-refractivity contribution is 6.89. The molecule has 0 aromatic heterocycles. The zero-order valence-corrected chi connectivity index (χ0v) is 16.7. The van der Waals surface area contributed by atoms with Crippen molar-refractivity contribution < 1.29 is 24.2 Å². The smallest absolute Gasteiger partial charge is 0.342 e. The molecule has 5 nitrogen and oxygen atoms in total. The van der Waals surface area contributed by atoms with Gasteiger partial charge in [-0.3, -0.25) is 0 Å². The molecule has 1 aromatic rings. The van der Waals surface area contributed by atoms with E-state index in [2.05, 4.69) is 26.6 Å². The Labute approximate surface area is 145 Å². The molecule has 0 saturated carbocycles. The number of carbonyl (C=O) groups excluding carboxylic acids is 2. The van der Waals surface area contributed by atoms with Crippen molar-refractivity contribution in [3.63, 3.8) is 0 Å². The summed E-state index contributed by atoms with van der Waals surface area (Å²) in [5.41, 5.74) is 1.72. The Morgan fingerprint density at radius 3 is 1.96 bits per heavy atom. The van der Waals surface area contributed by atoms with Crippen LogP contribution in [0.2, 0.25) is 19.6 Å². The molecular formula is C18H28O5Si. The second kappa shape index (κ2) is 7.83. The van der Waals surface area contributed by atoms with Gasteiger partial charge in [0.2, 0.25) is 0 Å². The third-order valence-corrected chi connectivity index (χ3v) is 6.27. The molecule has 1 N–H and O–H groups in total. The minimum atomic E-state index is -1.96. The van der Waals surface area contributed by atoms with Crippen LogP contribution in [0.25, 0.3) is 0 Å². The van der Waals surface area contributed by atoms with Crippen LogP contribution in [0.4, 0.5) is 0 Å². The van der Waals surface area contributed by atoms with Crippen molar-refractivity contribution in [3.8, 4) is 5.75 Å². The fraction of sp³-hybridized carbons (Fsp3) is 0.556. The Bertz CT molecular complexity index is 644. The average molecular weight is 353 g/mol. The predicted molar refractivity (Wildman–Crippen MR) is 97.1 cm³/mol. The van der Waals surface area contributed by atoms with Crippen molar-refractivity contribution in [2.24, 2.45) is 0 Å². The van der Waals surface area contributed by atoms with Gasteiger partial charge in [-0.05, 0) is 36.1 Å². The number of carbonyl (C=O) groups is 2. The molecule has 0 aliphatic carbocycles. The van der Waals surface area contributed by atoms with Crippen LogP contribution in [0, 0.1) is 6.92 Å². The van der Waals surface area contributed by atoms with Gasteiger partial charge in [0.25, 0.3) is 0 Å². The molecule has 0 radical (unpaired) electrons. The molecule has 0 spiro atoms. The number of methoxy groups -OCH3 is 2. The standard InChI is InChI=1S/C18H28O5Si/c1-8-9-10-12-11(2)16(24(5,6)7)15(19)14(18(21)23-4)13(12)17(20)22-3/h19H,8-10H2,1-7H3. The molecule has 0 saturated heterocycles. The van der Waals surface area contributed by atoms with E-state index in [0.29, 0.717) is 6.42 Å². The quantitative estimate of drug-likeness (QED) is 0.629. The van der Waals surface area contributed by atoms with Crippen LogP contribution in [0.1, 0.15) is 51.6 Å². The maximum atomic E-state index is 12.4. The zero-order chi connectivity index (χ0) is 18.7. The number of hydrogen-bond acceptors (Lipinski definition) is 5. The summed E-state index contributed by atoms with van der Waals surface area (Å²) >= 11 is 0. The van der Waals surface area contributed by atoms with Gasteiger partial charge < -0.3 is 14.6 Å². The molecule has 0 aliphatic rings. The van der Waals surface area contributed by atoms with Gasteiger partial charge in [-0.15, -0.1) is 0 Å². The van der Waals surface area contributed by atoms with Crippen molar-refractivity contribution in [3.05, 3.63) is 22.3 Å². The molecule has 6 heteroatoms. The van der Waals surface area contributed by atoms with Gasteiger partial charge >= 0.3 is 11.9 Å². The van der Waals surface area contributed by atoms with E-state index in [1.807, 2.05) is 6.92 Å². The summed E-state index contributed by atoms with van der Waals surface area (Å²) in [5.74, 6) is -1.48. The van der Waals surface area contributed by atoms with Crippen molar-refractivity contribution in [1.82, 2.24) is 0 Å². The Kier molecular flexibility index (Phi) is 6.60. The first-order valence-electron chi connectivity index (χ1n) is 8.17. The van der Waals surface area contributed by atoms with Crippen LogP contribution in [0.3, 0.4) is 0 Å². The Morgan fingerprint density at radius 2 is 1.54 bits per heavy atom. The zero-order valence-electron chi connectivity index (χ0n) is 15.7. The normalized spacial score (nSPS) is 11.3. The molecule has 0 heterocycles. The second-order valence-electron chi connectivity index (χ2n) is 6.91. The number of benzene rings is 1. The molecule has 0 bridgehead atoms. The highest BCUT2D eigenvalue weighted by Crippen LogP contribution is 2.31. The molecule has 0 fully saturated rings. The Hall–Kier alpha value is -1.82. The summed E-state index contributed by atoms with van der Waals surface area (Å²) in [6.07, 6.45) is 2.48. The summed E-state index contributed by atoms with van der Waals surface area (Å²) in [5, 5.41) is 11.6. The molecule has 1 rings (SSSR count). The molecule has 24 heavy (non-hydrogen) atoms. The molecule has 134 valence electrons. The summed E-state index contributed by atoms with van der Waals surface area (Å²) in [7, 11) is 0.547. The van der Waals surface area contributed by atoms with Crippen molar-refractivity contribution in [2.45, 2.75) is 52.8 Å². The number of hydrogen-bond donors (Lipinski definition) is 1. The van der Waals surface area contributed by atoms with Gasteiger partial charge in [0.05, 0.1) is 27.9 Å². The van der Waals surface area contributed by atoms with E-state index in [0.717, 1.165) is 29.2 Å². The van der Waals surface area contributed by atoms with E-state index in [-0.39, 0.29) is 16.9 Å². The largest absolute Gasteiger partial charge is 0.507 e. The van der Waals surface area contributed by atoms with Crippen LogP contribution in [-0.2, 0) is 15.9 Å². The molecule has 1 aromatic carbocycles. The number of phenols is 1. The Morgan fingerprint density at radius 1 is 1.04 bits per heavy atom. The lowest BCUT2D eigenvalue weighted by Crippen LogP contribution is -2.42. The van der Waals surface area contributed by atoms with Gasteiger partial charge in [0, 0.05) is 0 Å². The molecule has 0 amide bonds. The topological polar surface area (TPSA) is 72.8 Å². The van der Waals surface area contributed by atoms with Crippen molar-refractivity contribution in [2.75, 3.05) is 14.2 Å². The molecule has 0 unspecified atom stereocenters. The monoisotopic (exact) mass is 352 g/mol. The number of esters is 2. The van der Waals surface area contributed by atoms with Gasteiger partial charge in [-0.25, -0.2) is 9.59 Å². The average Bonchev–Trinajstić information content (AvgIpc) is 2.50. The third kappa shape index (κ3) is 3.80. The first-order chi connectivity index (χ1) is 11.1. The lowest BCUT2D eigenvalue weighted by Gasteiger charge is -2.26. The molecule has 0 aliphatic heterocycles. The fourth-order valence-corrected chi connectivity index (χ4v) is 5.23. The number of aromatic hydroxyl groups is 1. The maximum Gasteiger partial charge on any atom is 0.342 e. The van der Waals surface area contributed by atoms with Crippen LogP contribution >= 0.6 is 0 Å². The van der Waals surface area contributed by atoms with E-state index in [9.17, 15) is 14.7 Å². The summed E-state index contributed by atoms with van der Waals surface area (Å²) in [4.78, 5) is 24.7. The number of phenolic OH excluding ortho intramolecular Hbond substituents is 1. The summed E-state index contributed by atoms with van der Waals surface area (Å²) < 4.78 is 9.71. The molecule has 0 atom stereocenters. The Balaban J connectivity index is 3.96. The number of ether oxygens (including phenoxy) is 2. The van der Waals surface area contributed by atoms with Crippen LogP contribution in [-0.4, -0.2) is 39.3 Å². The SMILES string of the molecule is CCCCc1c(C)c([Si](C)(C)C)c(O)c(C(=O)OC)c1C(=O)OC. The number of rotatable bonds is 6. The van der Waals surface area contributed by atoms with Crippen molar-refractivity contribution >= 4 is 25.2 Å². The van der Waals surface area contributed by atoms with Crippen LogP contribution in [0.15, 0.2) is 0 Å². The fourth-order valence-electron chi connectivity index (χ4n) is 3.12. The van der Waals surface area contributed by atoms with E-state index < -0.39 is 20.0 Å². The second-order valence-corrected chi connectivity index (χ2v) is 11.9. The third-order valence-electron chi connectivity index (χ3n) is 4.16. The van der Waals surface area contributed by atoms with E-state index in [1.54, 1.807) is 0 Å².